The second kappa shape index (κ2) is 8.04. The molecule has 0 aliphatic carbocycles. The van der Waals surface area contributed by atoms with Crippen LogP contribution < -0.4 is 9.47 Å². The fourth-order valence-electron chi connectivity index (χ4n) is 2.79. The van der Waals surface area contributed by atoms with Gasteiger partial charge in [0, 0.05) is 12.0 Å². The number of rotatable bonds is 7. The Bertz CT molecular complexity index is 795. The molecule has 5 nitrogen and oxygen atoms in total. The summed E-state index contributed by atoms with van der Waals surface area (Å²) in [4.78, 5) is 24.4. The molecule has 0 bridgehead atoms. The van der Waals surface area contributed by atoms with Gasteiger partial charge in [0.2, 0.25) is 12.6 Å². The maximum absolute atomic E-state index is 12.4. The monoisotopic (exact) mass is 354 g/mol. The van der Waals surface area contributed by atoms with Crippen LogP contribution in [0.3, 0.4) is 0 Å². The summed E-state index contributed by atoms with van der Waals surface area (Å²) in [5.41, 5.74) is 2.67. The maximum Gasteiger partial charge on any atom is 0.306 e. The standard InChI is InChI=1S/C21H22O5/c1-3-15-4-8-17(9-5-15)21(23)14(2)26-20(22)11-7-16-6-10-18-19(12-16)25-13-24-18/h4-6,8-10,12,14H,3,7,11,13H2,1-2H3. The molecule has 1 aliphatic heterocycles. The second-order valence-electron chi connectivity index (χ2n) is 6.23. The first-order valence-electron chi connectivity index (χ1n) is 8.78. The largest absolute Gasteiger partial charge is 0.454 e. The number of carbonyl (C=O) groups is 2. The van der Waals surface area contributed by atoms with Crippen LogP contribution >= 0.6 is 0 Å². The van der Waals surface area contributed by atoms with Crippen molar-refractivity contribution in [2.45, 2.75) is 39.2 Å². The first-order chi connectivity index (χ1) is 12.6. The van der Waals surface area contributed by atoms with Crippen LogP contribution in [0.2, 0.25) is 0 Å². The highest BCUT2D eigenvalue weighted by molar-refractivity contribution is 6.00. The molecular formula is C21H22O5. The van der Waals surface area contributed by atoms with Gasteiger partial charge >= 0.3 is 5.97 Å². The van der Waals surface area contributed by atoms with Crippen molar-refractivity contribution in [3.8, 4) is 11.5 Å². The Morgan fingerprint density at radius 3 is 2.46 bits per heavy atom. The summed E-state index contributed by atoms with van der Waals surface area (Å²) in [6.07, 6.45) is 0.832. The number of hydrogen-bond donors (Lipinski definition) is 0. The number of ether oxygens (including phenoxy) is 3. The highest BCUT2D eigenvalue weighted by Gasteiger charge is 2.20. The zero-order chi connectivity index (χ0) is 18.5. The quantitative estimate of drug-likeness (QED) is 0.560. The number of ketones is 1. The van der Waals surface area contributed by atoms with Crippen molar-refractivity contribution in [1.82, 2.24) is 0 Å². The van der Waals surface area contributed by atoms with E-state index in [2.05, 4.69) is 6.92 Å². The van der Waals surface area contributed by atoms with Crippen molar-refractivity contribution >= 4 is 11.8 Å². The minimum atomic E-state index is -0.799. The number of aryl methyl sites for hydroxylation is 2. The van der Waals surface area contributed by atoms with E-state index in [1.54, 1.807) is 19.1 Å². The summed E-state index contributed by atoms with van der Waals surface area (Å²) in [5, 5.41) is 0. The molecule has 0 radical (unpaired) electrons. The summed E-state index contributed by atoms with van der Waals surface area (Å²) in [7, 11) is 0. The fraction of sp³-hybridized carbons (Fsp3) is 0.333. The Kier molecular flexibility index (Phi) is 5.56. The summed E-state index contributed by atoms with van der Waals surface area (Å²) in [5.74, 6) is 0.817. The van der Waals surface area contributed by atoms with E-state index in [0.717, 1.165) is 17.5 Å². The van der Waals surface area contributed by atoms with Crippen LogP contribution in [-0.2, 0) is 22.4 Å². The predicted molar refractivity (Wildman–Crippen MR) is 96.6 cm³/mol. The SMILES string of the molecule is CCc1ccc(C(=O)C(C)OC(=O)CCc2ccc3c(c2)OCO3)cc1. The van der Waals surface area contributed by atoms with Crippen LogP contribution in [0.5, 0.6) is 11.5 Å². The van der Waals surface area contributed by atoms with Crippen LogP contribution in [0.25, 0.3) is 0 Å². The molecule has 0 saturated carbocycles. The summed E-state index contributed by atoms with van der Waals surface area (Å²) in [6, 6.07) is 13.0. The van der Waals surface area contributed by atoms with Gasteiger partial charge in [-0.1, -0.05) is 37.3 Å². The van der Waals surface area contributed by atoms with Crippen molar-refractivity contribution in [3.05, 3.63) is 59.2 Å². The van der Waals surface area contributed by atoms with Crippen LogP contribution in [0.4, 0.5) is 0 Å². The van der Waals surface area contributed by atoms with Crippen molar-refractivity contribution in [1.29, 1.82) is 0 Å². The van der Waals surface area contributed by atoms with Crippen LogP contribution in [0.15, 0.2) is 42.5 Å². The van der Waals surface area contributed by atoms with E-state index < -0.39 is 12.1 Å². The Hall–Kier alpha value is -2.82. The molecule has 136 valence electrons. The molecule has 1 atom stereocenters. The van der Waals surface area contributed by atoms with E-state index in [9.17, 15) is 9.59 Å². The van der Waals surface area contributed by atoms with Gasteiger partial charge in [-0.2, -0.15) is 0 Å². The Morgan fingerprint density at radius 2 is 1.73 bits per heavy atom. The molecule has 3 rings (SSSR count). The van der Waals surface area contributed by atoms with Crippen molar-refractivity contribution in [2.75, 3.05) is 6.79 Å². The topological polar surface area (TPSA) is 61.8 Å². The van der Waals surface area contributed by atoms with Gasteiger partial charge in [-0.3, -0.25) is 9.59 Å². The predicted octanol–water partition coefficient (Wildman–Crippen LogP) is 3.72. The summed E-state index contributed by atoms with van der Waals surface area (Å²) >= 11 is 0. The Morgan fingerprint density at radius 1 is 1.04 bits per heavy atom. The van der Waals surface area contributed by atoms with E-state index in [0.29, 0.717) is 23.5 Å². The first kappa shape index (κ1) is 18.0. The van der Waals surface area contributed by atoms with Crippen LogP contribution in [0.1, 0.15) is 41.8 Å². The molecule has 1 heterocycles. The van der Waals surface area contributed by atoms with E-state index in [1.807, 2.05) is 30.3 Å². The van der Waals surface area contributed by atoms with Crippen molar-refractivity contribution in [3.63, 3.8) is 0 Å². The van der Waals surface area contributed by atoms with Gasteiger partial charge in [-0.25, -0.2) is 0 Å². The molecule has 2 aromatic rings. The maximum atomic E-state index is 12.4. The average Bonchev–Trinajstić information content (AvgIpc) is 3.13. The molecular weight excluding hydrogens is 332 g/mol. The zero-order valence-corrected chi connectivity index (χ0v) is 15.0. The minimum absolute atomic E-state index is 0.191. The molecule has 1 aliphatic rings. The molecule has 1 unspecified atom stereocenters. The van der Waals surface area contributed by atoms with E-state index in [-0.39, 0.29) is 19.0 Å². The van der Waals surface area contributed by atoms with Gasteiger partial charge in [-0.15, -0.1) is 0 Å². The molecule has 5 heteroatoms. The van der Waals surface area contributed by atoms with Gasteiger partial charge in [-0.05, 0) is 43.0 Å². The second-order valence-corrected chi connectivity index (χ2v) is 6.23. The number of Topliss-reactive ketones (excluding diaryl/α,β-unsaturated/α-hetero) is 1. The first-order valence-corrected chi connectivity index (χ1v) is 8.78. The van der Waals surface area contributed by atoms with E-state index >= 15 is 0 Å². The van der Waals surface area contributed by atoms with Gasteiger partial charge in [0.25, 0.3) is 0 Å². The van der Waals surface area contributed by atoms with Gasteiger partial charge in [0.05, 0.1) is 0 Å². The van der Waals surface area contributed by atoms with E-state index in [4.69, 9.17) is 14.2 Å². The van der Waals surface area contributed by atoms with Crippen molar-refractivity contribution < 1.29 is 23.8 Å². The van der Waals surface area contributed by atoms with Crippen LogP contribution in [0, 0.1) is 0 Å². The number of hydrogen-bond acceptors (Lipinski definition) is 5. The average molecular weight is 354 g/mol. The molecule has 0 amide bonds. The third-order valence-corrected chi connectivity index (χ3v) is 4.38. The Labute approximate surface area is 152 Å². The summed E-state index contributed by atoms with van der Waals surface area (Å²) in [6.45, 7) is 3.88. The minimum Gasteiger partial charge on any atom is -0.454 e. The normalized spacial score (nSPS) is 13.3. The summed E-state index contributed by atoms with van der Waals surface area (Å²) < 4.78 is 15.9. The molecule has 26 heavy (non-hydrogen) atoms. The number of fused-ring (bicyclic) bond motifs is 1. The number of esters is 1. The molecule has 0 aromatic heterocycles. The number of carbonyl (C=O) groups excluding carboxylic acids is 2. The lowest BCUT2D eigenvalue weighted by Gasteiger charge is -2.13. The lowest BCUT2D eigenvalue weighted by atomic mass is 10.0. The molecule has 0 fully saturated rings. The number of benzene rings is 2. The van der Waals surface area contributed by atoms with E-state index in [1.165, 1.54) is 0 Å². The molecule has 0 N–H and O–H groups in total. The van der Waals surface area contributed by atoms with Gasteiger partial charge in [0.1, 0.15) is 0 Å². The zero-order valence-electron chi connectivity index (χ0n) is 15.0. The highest BCUT2D eigenvalue weighted by Crippen LogP contribution is 2.32. The Balaban J connectivity index is 1.51. The third kappa shape index (κ3) is 4.23. The van der Waals surface area contributed by atoms with Crippen LogP contribution in [-0.4, -0.2) is 24.6 Å². The lowest BCUT2D eigenvalue weighted by molar-refractivity contribution is -0.146. The van der Waals surface area contributed by atoms with Gasteiger partial charge in [0.15, 0.2) is 17.6 Å². The lowest BCUT2D eigenvalue weighted by Crippen LogP contribution is -2.24. The highest BCUT2D eigenvalue weighted by atomic mass is 16.7. The molecule has 0 spiro atoms. The van der Waals surface area contributed by atoms with Crippen molar-refractivity contribution in [2.24, 2.45) is 0 Å². The molecule has 0 saturated heterocycles. The molecule has 2 aromatic carbocycles. The fourth-order valence-corrected chi connectivity index (χ4v) is 2.79. The smallest absolute Gasteiger partial charge is 0.306 e. The third-order valence-electron chi connectivity index (χ3n) is 4.38. The van der Waals surface area contributed by atoms with Gasteiger partial charge < -0.3 is 14.2 Å².